The maximum atomic E-state index is 5.25. The molecule has 4 heteroatoms. The fourth-order valence-corrected chi connectivity index (χ4v) is 2.87. The smallest absolute Gasteiger partial charge is 0.0991 e. The molecular weight excluding hydrogens is 250 g/mol. The number of nitrogens with zero attached hydrogens (tertiary/aromatic N) is 3. The number of hydrogen-bond acceptors (Lipinski definition) is 3. The number of hydrogen-bond donors (Lipinski definition) is 0. The van der Waals surface area contributed by atoms with Crippen LogP contribution in [0.1, 0.15) is 12.0 Å². The third kappa shape index (κ3) is 3.08. The van der Waals surface area contributed by atoms with E-state index >= 15 is 0 Å². The summed E-state index contributed by atoms with van der Waals surface area (Å²) in [4.78, 5) is 6.58. The quantitative estimate of drug-likeness (QED) is 0.836. The molecule has 4 nitrogen and oxygen atoms in total. The molecule has 106 valence electrons. The first-order valence-electron chi connectivity index (χ1n) is 7.14. The molecule has 0 saturated carbocycles. The lowest BCUT2D eigenvalue weighted by atomic mass is 10.1. The van der Waals surface area contributed by atoms with Gasteiger partial charge in [0.25, 0.3) is 0 Å². The molecule has 1 saturated heterocycles. The molecule has 1 aliphatic rings. The second-order valence-electron chi connectivity index (χ2n) is 5.48. The van der Waals surface area contributed by atoms with Gasteiger partial charge in [0.1, 0.15) is 0 Å². The predicted molar refractivity (Wildman–Crippen MR) is 78.8 cm³/mol. The zero-order valence-electron chi connectivity index (χ0n) is 11.9. The number of ether oxygens (including phenoxy) is 1. The highest BCUT2D eigenvalue weighted by molar-refractivity contribution is 5.34. The Morgan fingerprint density at radius 2 is 2.15 bits per heavy atom. The van der Waals surface area contributed by atoms with Crippen molar-refractivity contribution in [3.8, 4) is 5.69 Å². The summed E-state index contributed by atoms with van der Waals surface area (Å²) in [6.07, 6.45) is 6.84. The molecular formula is C16H21N3O. The first-order chi connectivity index (χ1) is 9.85. The first-order valence-corrected chi connectivity index (χ1v) is 7.14. The summed E-state index contributed by atoms with van der Waals surface area (Å²) in [5, 5.41) is 0. The van der Waals surface area contributed by atoms with E-state index in [9.17, 15) is 0 Å². The Hall–Kier alpha value is -1.65. The average molecular weight is 271 g/mol. The summed E-state index contributed by atoms with van der Waals surface area (Å²) in [5.41, 5.74) is 2.52. The van der Waals surface area contributed by atoms with Gasteiger partial charge in [-0.05, 0) is 36.6 Å². The van der Waals surface area contributed by atoms with Crippen LogP contribution in [0.25, 0.3) is 5.69 Å². The summed E-state index contributed by atoms with van der Waals surface area (Å²) >= 11 is 0. The van der Waals surface area contributed by atoms with E-state index in [2.05, 4.69) is 34.1 Å². The summed E-state index contributed by atoms with van der Waals surface area (Å²) in [6.45, 7) is 4.24. The highest BCUT2D eigenvalue weighted by Gasteiger charge is 2.21. The van der Waals surface area contributed by atoms with E-state index in [0.29, 0.717) is 5.92 Å². The third-order valence-corrected chi connectivity index (χ3v) is 3.92. The molecule has 0 radical (unpaired) electrons. The minimum absolute atomic E-state index is 0.699. The molecule has 0 amide bonds. The fourth-order valence-electron chi connectivity index (χ4n) is 2.87. The number of imidazole rings is 1. The minimum atomic E-state index is 0.699. The van der Waals surface area contributed by atoms with Crippen molar-refractivity contribution in [2.45, 2.75) is 13.0 Å². The Bertz CT molecular complexity index is 521. The second-order valence-corrected chi connectivity index (χ2v) is 5.48. The monoisotopic (exact) mass is 271 g/mol. The van der Waals surface area contributed by atoms with Crippen molar-refractivity contribution in [3.05, 3.63) is 48.5 Å². The number of benzene rings is 1. The molecule has 1 aromatic carbocycles. The lowest BCUT2D eigenvalue weighted by molar-refractivity contribution is 0.152. The largest absolute Gasteiger partial charge is 0.384 e. The molecule has 0 aliphatic carbocycles. The van der Waals surface area contributed by atoms with Crippen molar-refractivity contribution in [2.24, 2.45) is 5.92 Å². The van der Waals surface area contributed by atoms with E-state index in [-0.39, 0.29) is 0 Å². The van der Waals surface area contributed by atoms with Crippen LogP contribution in [-0.4, -0.2) is 41.3 Å². The van der Waals surface area contributed by atoms with Crippen LogP contribution in [0.3, 0.4) is 0 Å². The topological polar surface area (TPSA) is 30.3 Å². The highest BCUT2D eigenvalue weighted by atomic mass is 16.5. The Balaban J connectivity index is 1.59. The SMILES string of the molecule is COC[C@@H]1CCN(Cc2ccc(-n3ccnc3)cc2)C1. The van der Waals surface area contributed by atoms with Crippen LogP contribution >= 0.6 is 0 Å². The van der Waals surface area contributed by atoms with Gasteiger partial charge in [0, 0.05) is 38.3 Å². The Morgan fingerprint density at radius 1 is 1.30 bits per heavy atom. The second kappa shape index (κ2) is 6.20. The molecule has 0 unspecified atom stereocenters. The average Bonchev–Trinajstić information content (AvgIpc) is 3.12. The summed E-state index contributed by atoms with van der Waals surface area (Å²) in [7, 11) is 1.79. The van der Waals surface area contributed by atoms with Crippen molar-refractivity contribution in [3.63, 3.8) is 0 Å². The van der Waals surface area contributed by atoms with Crippen LogP contribution in [0.2, 0.25) is 0 Å². The minimum Gasteiger partial charge on any atom is -0.384 e. The van der Waals surface area contributed by atoms with Crippen molar-refractivity contribution in [1.82, 2.24) is 14.5 Å². The maximum Gasteiger partial charge on any atom is 0.0991 e. The number of rotatable bonds is 5. The summed E-state index contributed by atoms with van der Waals surface area (Å²) in [5.74, 6) is 0.699. The van der Waals surface area contributed by atoms with Crippen LogP contribution in [-0.2, 0) is 11.3 Å². The molecule has 2 heterocycles. The van der Waals surface area contributed by atoms with E-state index in [4.69, 9.17) is 4.74 Å². The summed E-state index contributed by atoms with van der Waals surface area (Å²) < 4.78 is 7.27. The number of likely N-dealkylation sites (tertiary alicyclic amines) is 1. The van der Waals surface area contributed by atoms with Gasteiger partial charge < -0.3 is 9.30 Å². The standard InChI is InChI=1S/C16H21N3O/c1-20-12-15-6-8-18(11-15)10-14-2-4-16(5-3-14)19-9-7-17-13-19/h2-5,7,9,13,15H,6,8,10-12H2,1H3/t15-/m1/s1. The van der Waals surface area contributed by atoms with Crippen LogP contribution in [0, 0.1) is 5.92 Å². The molecule has 0 bridgehead atoms. The van der Waals surface area contributed by atoms with Gasteiger partial charge in [0.15, 0.2) is 0 Å². The van der Waals surface area contributed by atoms with Gasteiger partial charge in [-0.1, -0.05) is 12.1 Å². The van der Waals surface area contributed by atoms with Gasteiger partial charge in [-0.25, -0.2) is 4.98 Å². The van der Waals surface area contributed by atoms with Gasteiger partial charge >= 0.3 is 0 Å². The van der Waals surface area contributed by atoms with E-state index in [1.165, 1.54) is 18.5 Å². The Kier molecular flexibility index (Phi) is 4.14. The molecule has 0 N–H and O–H groups in total. The molecule has 0 spiro atoms. The van der Waals surface area contributed by atoms with E-state index in [0.717, 1.165) is 25.4 Å². The highest BCUT2D eigenvalue weighted by Crippen LogP contribution is 2.19. The van der Waals surface area contributed by atoms with Gasteiger partial charge in [-0.2, -0.15) is 0 Å². The van der Waals surface area contributed by atoms with Crippen molar-refractivity contribution >= 4 is 0 Å². The van der Waals surface area contributed by atoms with Crippen LogP contribution in [0.15, 0.2) is 43.0 Å². The lowest BCUT2D eigenvalue weighted by Crippen LogP contribution is -2.21. The Morgan fingerprint density at radius 3 is 2.85 bits per heavy atom. The van der Waals surface area contributed by atoms with Gasteiger partial charge in [0.05, 0.1) is 12.9 Å². The van der Waals surface area contributed by atoms with Crippen molar-refractivity contribution in [1.29, 1.82) is 0 Å². The first kappa shape index (κ1) is 13.3. The normalized spacial score (nSPS) is 19.6. The van der Waals surface area contributed by atoms with E-state index in [1.807, 2.05) is 17.1 Å². The molecule has 2 aromatic rings. The number of methoxy groups -OCH3 is 1. The predicted octanol–water partition coefficient (Wildman–Crippen LogP) is 2.34. The van der Waals surface area contributed by atoms with Gasteiger partial charge in [-0.15, -0.1) is 0 Å². The van der Waals surface area contributed by atoms with Crippen molar-refractivity contribution in [2.75, 3.05) is 26.8 Å². The van der Waals surface area contributed by atoms with Gasteiger partial charge in [-0.3, -0.25) is 4.90 Å². The molecule has 1 aliphatic heterocycles. The molecule has 1 aromatic heterocycles. The van der Waals surface area contributed by atoms with Crippen LogP contribution < -0.4 is 0 Å². The van der Waals surface area contributed by atoms with E-state index < -0.39 is 0 Å². The van der Waals surface area contributed by atoms with Crippen molar-refractivity contribution < 1.29 is 4.74 Å². The summed E-state index contributed by atoms with van der Waals surface area (Å²) in [6, 6.07) is 8.72. The van der Waals surface area contributed by atoms with Gasteiger partial charge in [0.2, 0.25) is 0 Å². The zero-order valence-corrected chi connectivity index (χ0v) is 11.9. The Labute approximate surface area is 120 Å². The maximum absolute atomic E-state index is 5.25. The molecule has 1 atom stereocenters. The lowest BCUT2D eigenvalue weighted by Gasteiger charge is -2.16. The third-order valence-electron chi connectivity index (χ3n) is 3.92. The fraction of sp³-hybridized carbons (Fsp3) is 0.438. The van der Waals surface area contributed by atoms with Crippen LogP contribution in [0.5, 0.6) is 0 Å². The molecule has 1 fully saturated rings. The van der Waals surface area contributed by atoms with E-state index in [1.54, 1.807) is 13.3 Å². The molecule has 3 rings (SSSR count). The number of aromatic nitrogens is 2. The zero-order chi connectivity index (χ0) is 13.8. The molecule has 20 heavy (non-hydrogen) atoms. The van der Waals surface area contributed by atoms with Crippen LogP contribution in [0.4, 0.5) is 0 Å².